The van der Waals surface area contributed by atoms with Crippen molar-refractivity contribution >= 4 is 0 Å². The summed E-state index contributed by atoms with van der Waals surface area (Å²) in [5, 5.41) is 0. The summed E-state index contributed by atoms with van der Waals surface area (Å²) in [6, 6.07) is 0.269. The average molecular weight is 116 g/mol. The molecule has 2 nitrogen and oxygen atoms in total. The van der Waals surface area contributed by atoms with E-state index in [2.05, 4.69) is 13.8 Å². The van der Waals surface area contributed by atoms with Crippen LogP contribution in [0.3, 0.4) is 0 Å². The molecule has 0 aliphatic rings. The monoisotopic (exact) mass is 116 g/mol. The van der Waals surface area contributed by atoms with Gasteiger partial charge >= 0.3 is 0 Å². The van der Waals surface area contributed by atoms with Gasteiger partial charge in [-0.3, -0.25) is 0 Å². The molecule has 0 unspecified atom stereocenters. The lowest BCUT2D eigenvalue weighted by Crippen LogP contribution is -2.42. The van der Waals surface area contributed by atoms with Gasteiger partial charge in [0.05, 0.1) is 0 Å². The lowest BCUT2D eigenvalue weighted by molar-refractivity contribution is 0.433. The Hall–Kier alpha value is -0.0800. The molecule has 2 heteroatoms. The molecule has 0 amide bonds. The summed E-state index contributed by atoms with van der Waals surface area (Å²) in [6.07, 6.45) is 0. The van der Waals surface area contributed by atoms with Crippen molar-refractivity contribution in [2.45, 2.75) is 32.9 Å². The van der Waals surface area contributed by atoms with Gasteiger partial charge in [-0.25, -0.2) is 0 Å². The van der Waals surface area contributed by atoms with Crippen molar-refractivity contribution in [2.24, 2.45) is 17.4 Å². The number of hydrogen-bond acceptors (Lipinski definition) is 2. The quantitative estimate of drug-likeness (QED) is 0.546. The minimum absolute atomic E-state index is 0.120. The summed E-state index contributed by atoms with van der Waals surface area (Å²) in [5.41, 5.74) is 11.1. The molecule has 0 spiro atoms. The van der Waals surface area contributed by atoms with E-state index in [0.29, 0.717) is 5.92 Å². The summed E-state index contributed by atoms with van der Waals surface area (Å²) >= 11 is 0. The van der Waals surface area contributed by atoms with Crippen molar-refractivity contribution in [1.29, 1.82) is 0 Å². The van der Waals surface area contributed by atoms with Gasteiger partial charge in [-0.05, 0) is 12.8 Å². The Bertz CT molecular complexity index is 51.5. The summed E-state index contributed by atoms with van der Waals surface area (Å²) in [7, 11) is 0. The van der Waals surface area contributed by atoms with Gasteiger partial charge in [0.2, 0.25) is 0 Å². The van der Waals surface area contributed by atoms with E-state index in [1.807, 2.05) is 6.92 Å². The van der Waals surface area contributed by atoms with E-state index in [1.54, 1.807) is 0 Å². The summed E-state index contributed by atoms with van der Waals surface area (Å²) in [5.74, 6) is 0.495. The molecular weight excluding hydrogens is 100 g/mol. The van der Waals surface area contributed by atoms with Gasteiger partial charge in [-0.2, -0.15) is 0 Å². The first-order valence-electron chi connectivity index (χ1n) is 3.07. The van der Waals surface area contributed by atoms with Gasteiger partial charge in [-0.1, -0.05) is 13.8 Å². The largest absolute Gasteiger partial charge is 0.327 e. The SMILES string of the molecule is CC(C)[C@@H](N)[C@@H](C)N. The van der Waals surface area contributed by atoms with Crippen LogP contribution in [0.1, 0.15) is 20.8 Å². The molecule has 0 fully saturated rings. The van der Waals surface area contributed by atoms with Crippen LogP contribution in [0.4, 0.5) is 0 Å². The Balaban J connectivity index is 3.46. The first kappa shape index (κ1) is 7.92. The molecule has 8 heavy (non-hydrogen) atoms. The molecule has 0 rings (SSSR count). The maximum absolute atomic E-state index is 5.63. The van der Waals surface area contributed by atoms with E-state index < -0.39 is 0 Å². The molecule has 0 bridgehead atoms. The third-order valence-corrected chi connectivity index (χ3v) is 1.38. The summed E-state index contributed by atoms with van der Waals surface area (Å²) < 4.78 is 0. The van der Waals surface area contributed by atoms with Gasteiger partial charge in [0, 0.05) is 12.1 Å². The first-order chi connectivity index (χ1) is 3.55. The number of hydrogen-bond donors (Lipinski definition) is 2. The van der Waals surface area contributed by atoms with E-state index >= 15 is 0 Å². The average Bonchev–Trinajstić information content (AvgIpc) is 1.64. The maximum atomic E-state index is 5.63. The zero-order chi connectivity index (χ0) is 6.73. The number of nitrogens with two attached hydrogens (primary N) is 2. The third-order valence-electron chi connectivity index (χ3n) is 1.38. The van der Waals surface area contributed by atoms with E-state index in [-0.39, 0.29) is 12.1 Å². The van der Waals surface area contributed by atoms with Crippen LogP contribution in [0.2, 0.25) is 0 Å². The van der Waals surface area contributed by atoms with Gasteiger partial charge in [0.1, 0.15) is 0 Å². The minimum Gasteiger partial charge on any atom is -0.327 e. The standard InChI is InChI=1S/C6H16N2/c1-4(2)6(8)5(3)7/h4-6H,7-8H2,1-3H3/t5-,6-/m1/s1. The van der Waals surface area contributed by atoms with Crippen LogP contribution in [0, 0.1) is 5.92 Å². The molecule has 0 radical (unpaired) electrons. The molecule has 4 N–H and O–H groups in total. The van der Waals surface area contributed by atoms with Gasteiger partial charge in [0.15, 0.2) is 0 Å². The molecule has 0 aliphatic carbocycles. The van der Waals surface area contributed by atoms with Gasteiger partial charge in [-0.15, -0.1) is 0 Å². The fourth-order valence-corrected chi connectivity index (χ4v) is 0.607. The summed E-state index contributed by atoms with van der Waals surface area (Å²) in [4.78, 5) is 0. The highest BCUT2D eigenvalue weighted by Crippen LogP contribution is 1.99. The molecule has 0 aromatic carbocycles. The molecule has 0 aromatic heterocycles. The van der Waals surface area contributed by atoms with Crippen molar-refractivity contribution in [1.82, 2.24) is 0 Å². The fourth-order valence-electron chi connectivity index (χ4n) is 0.607. The first-order valence-corrected chi connectivity index (χ1v) is 3.07. The highest BCUT2D eigenvalue weighted by atomic mass is 14.8. The third kappa shape index (κ3) is 2.28. The van der Waals surface area contributed by atoms with E-state index in [0.717, 1.165) is 0 Å². The number of rotatable bonds is 2. The Morgan fingerprint density at radius 3 is 1.38 bits per heavy atom. The van der Waals surface area contributed by atoms with Crippen LogP contribution in [0.5, 0.6) is 0 Å². The van der Waals surface area contributed by atoms with Crippen LogP contribution >= 0.6 is 0 Å². The molecule has 0 saturated heterocycles. The predicted molar refractivity (Wildman–Crippen MR) is 36.5 cm³/mol. The van der Waals surface area contributed by atoms with Crippen LogP contribution in [0.15, 0.2) is 0 Å². The van der Waals surface area contributed by atoms with Crippen molar-refractivity contribution in [2.75, 3.05) is 0 Å². The Morgan fingerprint density at radius 1 is 1.00 bits per heavy atom. The Labute approximate surface area is 51.2 Å². The molecule has 0 aliphatic heterocycles. The highest BCUT2D eigenvalue weighted by molar-refractivity contribution is 4.73. The van der Waals surface area contributed by atoms with E-state index in [1.165, 1.54) is 0 Å². The minimum atomic E-state index is 0.120. The highest BCUT2D eigenvalue weighted by Gasteiger charge is 2.10. The smallest absolute Gasteiger partial charge is 0.0212 e. The second-order valence-electron chi connectivity index (χ2n) is 2.68. The maximum Gasteiger partial charge on any atom is 0.0212 e. The predicted octanol–water partition coefficient (Wildman–Crippen LogP) is 0.317. The van der Waals surface area contributed by atoms with Crippen LogP contribution in [-0.2, 0) is 0 Å². The lowest BCUT2D eigenvalue weighted by atomic mass is 10.00. The Morgan fingerprint density at radius 2 is 1.38 bits per heavy atom. The van der Waals surface area contributed by atoms with E-state index in [4.69, 9.17) is 11.5 Å². The Kier molecular flexibility index (Phi) is 3.02. The van der Waals surface area contributed by atoms with Crippen molar-refractivity contribution in [3.05, 3.63) is 0 Å². The van der Waals surface area contributed by atoms with Crippen LogP contribution in [-0.4, -0.2) is 12.1 Å². The second-order valence-corrected chi connectivity index (χ2v) is 2.68. The van der Waals surface area contributed by atoms with Crippen LogP contribution in [0.25, 0.3) is 0 Å². The van der Waals surface area contributed by atoms with E-state index in [9.17, 15) is 0 Å². The lowest BCUT2D eigenvalue weighted by Gasteiger charge is -2.18. The molecule has 0 heterocycles. The second kappa shape index (κ2) is 3.05. The van der Waals surface area contributed by atoms with Crippen molar-refractivity contribution in [3.63, 3.8) is 0 Å². The van der Waals surface area contributed by atoms with Crippen molar-refractivity contribution in [3.8, 4) is 0 Å². The molecule has 0 aromatic rings. The fraction of sp³-hybridized carbons (Fsp3) is 1.00. The topological polar surface area (TPSA) is 52.0 Å². The molecule has 2 atom stereocenters. The van der Waals surface area contributed by atoms with Crippen LogP contribution < -0.4 is 11.5 Å². The van der Waals surface area contributed by atoms with Crippen molar-refractivity contribution < 1.29 is 0 Å². The van der Waals surface area contributed by atoms with Gasteiger partial charge in [0.25, 0.3) is 0 Å². The molecular formula is C6H16N2. The normalized spacial score (nSPS) is 18.8. The van der Waals surface area contributed by atoms with Gasteiger partial charge < -0.3 is 11.5 Å². The zero-order valence-electron chi connectivity index (χ0n) is 5.89. The molecule has 50 valence electrons. The zero-order valence-corrected chi connectivity index (χ0v) is 5.89. The molecule has 0 saturated carbocycles. The summed E-state index contributed by atoms with van der Waals surface area (Å²) in [6.45, 7) is 6.09.